The van der Waals surface area contributed by atoms with E-state index in [1.54, 1.807) is 32.2 Å². The summed E-state index contributed by atoms with van der Waals surface area (Å²) in [7, 11) is 0. The highest BCUT2D eigenvalue weighted by Gasteiger charge is 2.39. The predicted octanol–water partition coefficient (Wildman–Crippen LogP) is 3.98. The molecule has 3 aromatic rings. The van der Waals surface area contributed by atoms with E-state index in [4.69, 9.17) is 10.5 Å². The standard InChI is InChI=1S/C24H26F3N7O2/c1-23(2)21-16(22(35)36-23)5-6-19(32-21)31-20-8-18(33-7-3-4-15(28)12-33)17(10-29-20)14-9-30-34(11-14)13-24(25,26)27/h5-6,8-11,15H,3-4,7,12-13,28H2,1-2H3,(H,29,31,32)/t15-/m1/s1. The van der Waals surface area contributed by atoms with Gasteiger partial charge in [-0.2, -0.15) is 18.3 Å². The molecule has 0 aliphatic carbocycles. The van der Waals surface area contributed by atoms with Gasteiger partial charge < -0.3 is 20.7 Å². The Kier molecular flexibility index (Phi) is 5.86. The number of alkyl halides is 3. The van der Waals surface area contributed by atoms with Crippen LogP contribution in [0.5, 0.6) is 0 Å². The second kappa shape index (κ2) is 8.77. The van der Waals surface area contributed by atoms with Crippen LogP contribution in [0.4, 0.5) is 30.5 Å². The minimum atomic E-state index is -4.37. The smallest absolute Gasteiger partial charge is 0.408 e. The molecular weight excluding hydrogens is 475 g/mol. The van der Waals surface area contributed by atoms with Gasteiger partial charge in [-0.05, 0) is 38.8 Å². The maximum atomic E-state index is 12.8. The van der Waals surface area contributed by atoms with Crippen molar-refractivity contribution < 1.29 is 22.7 Å². The van der Waals surface area contributed by atoms with Gasteiger partial charge in [-0.25, -0.2) is 14.8 Å². The second-order valence-electron chi connectivity index (χ2n) is 9.59. The van der Waals surface area contributed by atoms with Crippen molar-refractivity contribution in [3.63, 3.8) is 0 Å². The topological polar surface area (TPSA) is 111 Å². The van der Waals surface area contributed by atoms with E-state index in [0.717, 1.165) is 29.8 Å². The van der Waals surface area contributed by atoms with Gasteiger partial charge in [0.2, 0.25) is 0 Å². The van der Waals surface area contributed by atoms with E-state index < -0.39 is 24.3 Å². The summed E-state index contributed by atoms with van der Waals surface area (Å²) >= 11 is 0. The summed E-state index contributed by atoms with van der Waals surface area (Å²) in [5, 5.41) is 7.06. The zero-order valence-electron chi connectivity index (χ0n) is 19.8. The molecule has 5 heterocycles. The number of halogens is 3. The summed E-state index contributed by atoms with van der Waals surface area (Å²) in [4.78, 5) is 23.2. The lowest BCUT2D eigenvalue weighted by Gasteiger charge is -2.34. The average molecular weight is 502 g/mol. The molecule has 0 saturated carbocycles. The second-order valence-corrected chi connectivity index (χ2v) is 9.59. The number of rotatable bonds is 5. The van der Waals surface area contributed by atoms with Crippen LogP contribution in [0.3, 0.4) is 0 Å². The van der Waals surface area contributed by atoms with Gasteiger partial charge in [-0.15, -0.1) is 0 Å². The van der Waals surface area contributed by atoms with Gasteiger partial charge in [0.1, 0.15) is 29.5 Å². The van der Waals surface area contributed by atoms with Crippen molar-refractivity contribution in [1.82, 2.24) is 19.7 Å². The summed E-state index contributed by atoms with van der Waals surface area (Å²) in [6.07, 6.45) is 1.81. The van der Waals surface area contributed by atoms with Gasteiger partial charge in [0, 0.05) is 54.4 Å². The van der Waals surface area contributed by atoms with E-state index in [1.165, 1.54) is 12.4 Å². The van der Waals surface area contributed by atoms with Crippen LogP contribution in [0.1, 0.15) is 42.7 Å². The first-order chi connectivity index (χ1) is 17.0. The lowest BCUT2D eigenvalue weighted by molar-refractivity contribution is -0.142. The number of fused-ring (bicyclic) bond motifs is 1. The summed E-state index contributed by atoms with van der Waals surface area (Å²) < 4.78 is 44.8. The van der Waals surface area contributed by atoms with Crippen LogP contribution in [0.2, 0.25) is 0 Å². The highest BCUT2D eigenvalue weighted by atomic mass is 19.4. The number of carbonyl (C=O) groups is 1. The molecule has 3 N–H and O–H groups in total. The van der Waals surface area contributed by atoms with Crippen molar-refractivity contribution in [3.05, 3.63) is 48.0 Å². The molecule has 0 spiro atoms. The number of anilines is 3. The number of pyridine rings is 2. The number of piperidine rings is 1. The number of nitrogens with zero attached hydrogens (tertiary/aromatic N) is 5. The Labute approximate surface area is 205 Å². The molecule has 0 aromatic carbocycles. The van der Waals surface area contributed by atoms with E-state index in [2.05, 4.69) is 25.3 Å². The molecule has 2 aliphatic heterocycles. The van der Waals surface area contributed by atoms with Gasteiger partial charge in [0.25, 0.3) is 0 Å². The fourth-order valence-electron chi connectivity index (χ4n) is 4.62. The van der Waals surface area contributed by atoms with Gasteiger partial charge in [0.15, 0.2) is 0 Å². The monoisotopic (exact) mass is 501 g/mol. The van der Waals surface area contributed by atoms with Crippen LogP contribution in [0.15, 0.2) is 36.8 Å². The first kappa shape index (κ1) is 24.0. The highest BCUT2D eigenvalue weighted by molar-refractivity contribution is 5.94. The number of hydrogen-bond donors (Lipinski definition) is 2. The SMILES string of the molecule is CC1(C)OC(=O)c2ccc(Nc3cc(N4CCC[C@@H](N)C4)c(-c4cnn(CC(F)(F)F)c4)cn3)nc21. The van der Waals surface area contributed by atoms with E-state index in [0.29, 0.717) is 40.6 Å². The van der Waals surface area contributed by atoms with Crippen LogP contribution in [-0.4, -0.2) is 51.0 Å². The van der Waals surface area contributed by atoms with Crippen molar-refractivity contribution in [2.75, 3.05) is 23.3 Å². The quantitative estimate of drug-likeness (QED) is 0.505. The minimum Gasteiger partial charge on any atom is -0.449 e. The minimum absolute atomic E-state index is 0.0118. The van der Waals surface area contributed by atoms with Crippen LogP contribution in [0.25, 0.3) is 11.1 Å². The van der Waals surface area contributed by atoms with Crippen LogP contribution < -0.4 is 16.0 Å². The fourth-order valence-corrected chi connectivity index (χ4v) is 4.62. The molecule has 9 nitrogen and oxygen atoms in total. The van der Waals surface area contributed by atoms with E-state index in [1.807, 2.05) is 6.07 Å². The third-order valence-electron chi connectivity index (χ3n) is 6.26. The first-order valence-corrected chi connectivity index (χ1v) is 11.6. The first-order valence-electron chi connectivity index (χ1n) is 11.6. The van der Waals surface area contributed by atoms with Gasteiger partial charge >= 0.3 is 12.1 Å². The van der Waals surface area contributed by atoms with Gasteiger partial charge in [0.05, 0.1) is 11.8 Å². The average Bonchev–Trinajstić information content (AvgIpc) is 3.33. The Morgan fingerprint density at radius 2 is 2.03 bits per heavy atom. The highest BCUT2D eigenvalue weighted by Crippen LogP contribution is 2.37. The van der Waals surface area contributed by atoms with Crippen LogP contribution in [0, 0.1) is 0 Å². The Hall–Kier alpha value is -3.67. The fraction of sp³-hybridized carbons (Fsp3) is 0.417. The zero-order chi connectivity index (χ0) is 25.7. The maximum absolute atomic E-state index is 12.8. The van der Waals surface area contributed by atoms with E-state index >= 15 is 0 Å². The Bertz CT molecular complexity index is 1310. The van der Waals surface area contributed by atoms with Crippen molar-refractivity contribution >= 4 is 23.3 Å². The lowest BCUT2D eigenvalue weighted by Crippen LogP contribution is -2.43. The molecule has 36 heavy (non-hydrogen) atoms. The van der Waals surface area contributed by atoms with Crippen molar-refractivity contribution in [2.24, 2.45) is 5.73 Å². The van der Waals surface area contributed by atoms with Gasteiger partial charge in [-0.3, -0.25) is 4.68 Å². The van der Waals surface area contributed by atoms with E-state index in [-0.39, 0.29) is 6.04 Å². The zero-order valence-corrected chi connectivity index (χ0v) is 19.8. The molecule has 0 unspecified atom stereocenters. The Morgan fingerprint density at radius 3 is 2.78 bits per heavy atom. The molecule has 12 heteroatoms. The molecule has 5 rings (SSSR count). The number of cyclic esters (lactones) is 1. The number of nitrogens with two attached hydrogens (primary N) is 1. The van der Waals surface area contributed by atoms with Gasteiger partial charge in [-0.1, -0.05) is 0 Å². The van der Waals surface area contributed by atoms with Crippen LogP contribution in [-0.2, 0) is 16.9 Å². The number of ether oxygens (including phenoxy) is 1. The lowest BCUT2D eigenvalue weighted by atomic mass is 10.0. The number of nitrogens with one attached hydrogen (secondary N) is 1. The molecule has 1 saturated heterocycles. The summed E-state index contributed by atoms with van der Waals surface area (Å²) in [5.41, 5.74) is 8.30. The predicted molar refractivity (Wildman–Crippen MR) is 127 cm³/mol. The number of hydrogen-bond acceptors (Lipinski definition) is 8. The maximum Gasteiger partial charge on any atom is 0.408 e. The Morgan fingerprint density at radius 1 is 1.22 bits per heavy atom. The van der Waals surface area contributed by atoms with Crippen molar-refractivity contribution in [2.45, 2.75) is 51.1 Å². The number of carbonyl (C=O) groups excluding carboxylic acids is 1. The third-order valence-corrected chi connectivity index (χ3v) is 6.26. The van der Waals surface area contributed by atoms with Crippen molar-refractivity contribution in [3.8, 4) is 11.1 Å². The summed E-state index contributed by atoms with van der Waals surface area (Å²) in [6.45, 7) is 3.74. The molecule has 3 aromatic heterocycles. The molecule has 1 atom stereocenters. The number of aromatic nitrogens is 4. The molecule has 2 aliphatic rings. The molecular formula is C24H26F3N7O2. The molecule has 1 fully saturated rings. The number of esters is 1. The molecule has 0 bridgehead atoms. The summed E-state index contributed by atoms with van der Waals surface area (Å²) in [5.74, 6) is 0.567. The Balaban J connectivity index is 1.48. The van der Waals surface area contributed by atoms with Crippen LogP contribution >= 0.6 is 0 Å². The normalized spacial score (nSPS) is 19.2. The summed E-state index contributed by atoms with van der Waals surface area (Å²) in [6, 6.07) is 5.16. The largest absolute Gasteiger partial charge is 0.449 e. The van der Waals surface area contributed by atoms with E-state index in [9.17, 15) is 18.0 Å². The molecule has 190 valence electrons. The third kappa shape index (κ3) is 4.85. The molecule has 0 radical (unpaired) electrons. The van der Waals surface area contributed by atoms with Crippen molar-refractivity contribution in [1.29, 1.82) is 0 Å². The molecule has 0 amide bonds.